The number of aryl methyl sites for hydroxylation is 1. The van der Waals surface area contributed by atoms with E-state index in [-0.39, 0.29) is 29.4 Å². The van der Waals surface area contributed by atoms with Crippen LogP contribution in [0.15, 0.2) is 29.3 Å². The maximum Gasteiger partial charge on any atom is 0.193 e. The molecule has 1 aliphatic heterocycles. The van der Waals surface area contributed by atoms with Crippen LogP contribution in [0.4, 0.5) is 0 Å². The Kier molecular flexibility index (Phi) is 9.21. The molecule has 0 bridgehead atoms. The highest BCUT2D eigenvalue weighted by Gasteiger charge is 2.26. The average molecular weight is 459 g/mol. The number of methoxy groups -OCH3 is 1. The van der Waals surface area contributed by atoms with Gasteiger partial charge in [-0.3, -0.25) is 4.99 Å². The first-order valence-electron chi connectivity index (χ1n) is 9.05. The van der Waals surface area contributed by atoms with Crippen LogP contribution in [0.25, 0.3) is 0 Å². The topological polar surface area (TPSA) is 36.9 Å². The number of hydrogen-bond acceptors (Lipinski definition) is 2. The number of aliphatic imine (C=N–C) groups is 1. The van der Waals surface area contributed by atoms with Gasteiger partial charge in [0.05, 0.1) is 13.2 Å². The number of guanidine groups is 1. The highest BCUT2D eigenvalue weighted by atomic mass is 127. The lowest BCUT2D eigenvalue weighted by atomic mass is 9.84. The molecular weight excluding hydrogens is 425 g/mol. The van der Waals surface area contributed by atoms with E-state index < -0.39 is 0 Å². The van der Waals surface area contributed by atoms with E-state index in [0.29, 0.717) is 5.92 Å². The molecule has 1 saturated heterocycles. The summed E-state index contributed by atoms with van der Waals surface area (Å²) in [6, 6.07) is 8.76. The van der Waals surface area contributed by atoms with Crippen LogP contribution in [-0.2, 0) is 10.2 Å². The number of nitrogens with one attached hydrogen (secondary N) is 1. The van der Waals surface area contributed by atoms with Gasteiger partial charge in [0.2, 0.25) is 0 Å². The predicted molar refractivity (Wildman–Crippen MR) is 117 cm³/mol. The number of rotatable bonds is 6. The Labute approximate surface area is 170 Å². The Morgan fingerprint density at radius 3 is 2.80 bits per heavy atom. The van der Waals surface area contributed by atoms with Crippen LogP contribution in [0.5, 0.6) is 0 Å². The maximum absolute atomic E-state index is 5.31. The molecule has 1 aromatic rings. The van der Waals surface area contributed by atoms with Gasteiger partial charge < -0.3 is 15.0 Å². The van der Waals surface area contributed by atoms with Crippen molar-refractivity contribution in [2.24, 2.45) is 10.9 Å². The molecule has 0 radical (unpaired) electrons. The fraction of sp³-hybridized carbons (Fsp3) is 0.650. The van der Waals surface area contributed by atoms with Crippen LogP contribution >= 0.6 is 24.0 Å². The number of hydrogen-bond donors (Lipinski definition) is 1. The van der Waals surface area contributed by atoms with Crippen molar-refractivity contribution >= 4 is 29.9 Å². The second-order valence-corrected chi connectivity index (χ2v) is 7.48. The summed E-state index contributed by atoms with van der Waals surface area (Å²) in [6.45, 7) is 13.4. The minimum absolute atomic E-state index is 0. The molecule has 0 aliphatic carbocycles. The zero-order valence-corrected chi connectivity index (χ0v) is 18.7. The van der Waals surface area contributed by atoms with Crippen molar-refractivity contribution in [2.45, 2.75) is 39.5 Å². The van der Waals surface area contributed by atoms with Crippen LogP contribution in [0.1, 0.15) is 38.3 Å². The van der Waals surface area contributed by atoms with Crippen molar-refractivity contribution in [3.63, 3.8) is 0 Å². The summed E-state index contributed by atoms with van der Waals surface area (Å²) in [5.74, 6) is 1.65. The van der Waals surface area contributed by atoms with Crippen molar-refractivity contribution in [1.29, 1.82) is 0 Å². The van der Waals surface area contributed by atoms with E-state index in [0.717, 1.165) is 38.7 Å². The number of benzene rings is 1. The van der Waals surface area contributed by atoms with Gasteiger partial charge in [0.25, 0.3) is 0 Å². The molecule has 25 heavy (non-hydrogen) atoms. The van der Waals surface area contributed by atoms with Gasteiger partial charge in [0.1, 0.15) is 0 Å². The summed E-state index contributed by atoms with van der Waals surface area (Å²) >= 11 is 0. The van der Waals surface area contributed by atoms with E-state index in [1.165, 1.54) is 17.5 Å². The Morgan fingerprint density at radius 1 is 1.40 bits per heavy atom. The number of ether oxygens (including phenoxy) is 1. The lowest BCUT2D eigenvalue weighted by Crippen LogP contribution is -2.41. The van der Waals surface area contributed by atoms with E-state index in [9.17, 15) is 0 Å². The number of likely N-dealkylation sites (tertiary alicyclic amines) is 1. The maximum atomic E-state index is 5.31. The minimum atomic E-state index is 0. The van der Waals surface area contributed by atoms with Gasteiger partial charge in [-0.2, -0.15) is 0 Å². The van der Waals surface area contributed by atoms with Crippen molar-refractivity contribution in [2.75, 3.05) is 39.9 Å². The largest absolute Gasteiger partial charge is 0.384 e. The SMILES string of the molecule is CCNC(=NCC(C)(C)c1cccc(C)c1)N1CCC(COC)C1.I. The summed E-state index contributed by atoms with van der Waals surface area (Å²) in [6.07, 6.45) is 1.18. The van der Waals surface area contributed by atoms with E-state index in [1.54, 1.807) is 7.11 Å². The average Bonchev–Trinajstić information content (AvgIpc) is 3.00. The molecule has 1 atom stereocenters. The third kappa shape index (κ3) is 6.44. The first-order chi connectivity index (χ1) is 11.5. The molecule has 1 N–H and O–H groups in total. The Morgan fingerprint density at radius 2 is 2.16 bits per heavy atom. The summed E-state index contributed by atoms with van der Waals surface area (Å²) in [7, 11) is 1.78. The smallest absolute Gasteiger partial charge is 0.193 e. The van der Waals surface area contributed by atoms with Crippen LogP contribution in [0, 0.1) is 12.8 Å². The van der Waals surface area contributed by atoms with E-state index in [2.05, 4.69) is 62.2 Å². The molecule has 1 unspecified atom stereocenters. The molecule has 0 saturated carbocycles. The van der Waals surface area contributed by atoms with Crippen molar-refractivity contribution in [3.8, 4) is 0 Å². The van der Waals surface area contributed by atoms with Gasteiger partial charge in [-0.15, -0.1) is 24.0 Å². The van der Waals surface area contributed by atoms with Gasteiger partial charge in [0.15, 0.2) is 5.96 Å². The van der Waals surface area contributed by atoms with E-state index in [4.69, 9.17) is 9.73 Å². The van der Waals surface area contributed by atoms with Crippen LogP contribution < -0.4 is 5.32 Å². The molecular formula is C20H34IN3O. The molecule has 4 nitrogen and oxygen atoms in total. The molecule has 0 aromatic heterocycles. The van der Waals surface area contributed by atoms with Gasteiger partial charge in [-0.1, -0.05) is 43.7 Å². The summed E-state index contributed by atoms with van der Waals surface area (Å²) in [5.41, 5.74) is 2.68. The van der Waals surface area contributed by atoms with Crippen molar-refractivity contribution in [3.05, 3.63) is 35.4 Å². The Hall–Kier alpha value is -0.820. The molecule has 1 aliphatic rings. The van der Waals surface area contributed by atoms with Gasteiger partial charge in [-0.25, -0.2) is 0 Å². The molecule has 0 amide bonds. The molecule has 5 heteroatoms. The van der Waals surface area contributed by atoms with Crippen molar-refractivity contribution < 1.29 is 4.74 Å². The zero-order valence-electron chi connectivity index (χ0n) is 16.3. The van der Waals surface area contributed by atoms with Gasteiger partial charge >= 0.3 is 0 Å². The van der Waals surface area contributed by atoms with E-state index >= 15 is 0 Å². The van der Waals surface area contributed by atoms with Gasteiger partial charge in [0, 0.05) is 38.1 Å². The Balaban J connectivity index is 0.00000312. The van der Waals surface area contributed by atoms with Crippen LogP contribution in [-0.4, -0.2) is 50.8 Å². The van der Waals surface area contributed by atoms with Crippen LogP contribution in [0.3, 0.4) is 0 Å². The van der Waals surface area contributed by atoms with E-state index in [1.807, 2.05) is 0 Å². The summed E-state index contributed by atoms with van der Waals surface area (Å²) < 4.78 is 5.31. The summed E-state index contributed by atoms with van der Waals surface area (Å²) in [5, 5.41) is 3.46. The predicted octanol–water partition coefficient (Wildman–Crippen LogP) is 3.82. The number of halogens is 1. The van der Waals surface area contributed by atoms with Gasteiger partial charge in [-0.05, 0) is 25.8 Å². The zero-order chi connectivity index (χ0) is 17.6. The highest BCUT2D eigenvalue weighted by molar-refractivity contribution is 14.0. The third-order valence-corrected chi connectivity index (χ3v) is 4.75. The summed E-state index contributed by atoms with van der Waals surface area (Å²) in [4.78, 5) is 7.33. The fourth-order valence-corrected chi connectivity index (χ4v) is 3.25. The number of nitrogens with zero attached hydrogens (tertiary/aromatic N) is 2. The van der Waals surface area contributed by atoms with Crippen molar-refractivity contribution in [1.82, 2.24) is 10.2 Å². The lowest BCUT2D eigenvalue weighted by molar-refractivity contribution is 0.157. The molecule has 1 fully saturated rings. The first-order valence-corrected chi connectivity index (χ1v) is 9.05. The fourth-order valence-electron chi connectivity index (χ4n) is 3.25. The second kappa shape index (κ2) is 10.4. The first kappa shape index (κ1) is 22.2. The molecule has 1 heterocycles. The Bertz CT molecular complexity index is 560. The normalized spacial score (nSPS) is 18.2. The monoisotopic (exact) mass is 459 g/mol. The lowest BCUT2D eigenvalue weighted by Gasteiger charge is -2.26. The quantitative estimate of drug-likeness (QED) is 0.399. The third-order valence-electron chi connectivity index (χ3n) is 4.75. The molecule has 2 rings (SSSR count). The highest BCUT2D eigenvalue weighted by Crippen LogP contribution is 2.25. The minimum Gasteiger partial charge on any atom is -0.384 e. The molecule has 1 aromatic carbocycles. The van der Waals surface area contributed by atoms with Crippen LogP contribution in [0.2, 0.25) is 0 Å². The molecule has 0 spiro atoms. The molecule has 142 valence electrons. The standard InChI is InChI=1S/C20H33N3O.HI/c1-6-21-19(23-11-10-17(13-23)14-24-5)22-15-20(3,4)18-9-7-8-16(2)12-18;/h7-9,12,17H,6,10-11,13-15H2,1-5H3,(H,21,22);1H. The second-order valence-electron chi connectivity index (χ2n) is 7.48.